The molecule has 0 spiro atoms. The van der Waals surface area contributed by atoms with E-state index in [9.17, 15) is 10.1 Å². The van der Waals surface area contributed by atoms with Crippen molar-refractivity contribution in [2.75, 3.05) is 25.1 Å². The van der Waals surface area contributed by atoms with Crippen molar-refractivity contribution in [3.63, 3.8) is 0 Å². The summed E-state index contributed by atoms with van der Waals surface area (Å²) >= 11 is 1.80. The number of ether oxygens (including phenoxy) is 1. The predicted molar refractivity (Wildman–Crippen MR) is 77.8 cm³/mol. The maximum atomic E-state index is 11.1. The molecule has 0 radical (unpaired) electrons. The third-order valence-corrected chi connectivity index (χ3v) is 4.18. The summed E-state index contributed by atoms with van der Waals surface area (Å²) in [6, 6.07) is 5.26. The zero-order valence-electron chi connectivity index (χ0n) is 10.9. The highest BCUT2D eigenvalue weighted by molar-refractivity contribution is 7.99. The average Bonchev–Trinajstić information content (AvgIpc) is 2.34. The average molecular weight is 282 g/mol. The SMILES string of the molecule is CCCNc1c(CSC2COC2)cccc1[N+](=O)[O-]. The second-order valence-corrected chi connectivity index (χ2v) is 5.75. The summed E-state index contributed by atoms with van der Waals surface area (Å²) in [7, 11) is 0. The van der Waals surface area contributed by atoms with Crippen LogP contribution in [0.4, 0.5) is 11.4 Å². The van der Waals surface area contributed by atoms with Gasteiger partial charge in [-0.3, -0.25) is 10.1 Å². The first-order valence-electron chi connectivity index (χ1n) is 6.42. The minimum absolute atomic E-state index is 0.163. The largest absolute Gasteiger partial charge is 0.379 e. The van der Waals surface area contributed by atoms with Crippen molar-refractivity contribution in [3.05, 3.63) is 33.9 Å². The van der Waals surface area contributed by atoms with Crippen LogP contribution in [0.2, 0.25) is 0 Å². The molecule has 19 heavy (non-hydrogen) atoms. The molecule has 1 aliphatic heterocycles. The quantitative estimate of drug-likeness (QED) is 0.615. The van der Waals surface area contributed by atoms with Crippen molar-refractivity contribution in [2.24, 2.45) is 0 Å². The lowest BCUT2D eigenvalue weighted by Crippen LogP contribution is -2.30. The predicted octanol–water partition coefficient (Wildman–Crippen LogP) is 3.05. The molecule has 0 bridgehead atoms. The Morgan fingerprint density at radius 2 is 2.32 bits per heavy atom. The van der Waals surface area contributed by atoms with Crippen LogP contribution in [0.1, 0.15) is 18.9 Å². The van der Waals surface area contributed by atoms with Crippen LogP contribution >= 0.6 is 11.8 Å². The van der Waals surface area contributed by atoms with E-state index in [4.69, 9.17) is 4.74 Å². The first kappa shape index (κ1) is 14.1. The molecule has 1 saturated heterocycles. The van der Waals surface area contributed by atoms with Gasteiger partial charge in [-0.2, -0.15) is 0 Å². The van der Waals surface area contributed by atoms with Crippen molar-refractivity contribution in [3.8, 4) is 0 Å². The lowest BCUT2D eigenvalue weighted by molar-refractivity contribution is -0.384. The number of para-hydroxylation sites is 1. The van der Waals surface area contributed by atoms with Crippen LogP contribution in [-0.2, 0) is 10.5 Å². The lowest BCUT2D eigenvalue weighted by atomic mass is 10.1. The third-order valence-electron chi connectivity index (χ3n) is 2.96. The van der Waals surface area contributed by atoms with Gasteiger partial charge in [0, 0.05) is 18.4 Å². The standard InChI is InChI=1S/C13H18N2O3S/c1-2-6-14-13-10(9-19-11-7-18-8-11)4-3-5-12(13)15(16)17/h3-5,11,14H,2,6-9H2,1H3. The van der Waals surface area contributed by atoms with E-state index in [1.54, 1.807) is 23.9 Å². The molecular weight excluding hydrogens is 264 g/mol. The van der Waals surface area contributed by atoms with E-state index < -0.39 is 0 Å². The van der Waals surface area contributed by atoms with E-state index in [2.05, 4.69) is 5.32 Å². The van der Waals surface area contributed by atoms with Gasteiger partial charge < -0.3 is 10.1 Å². The van der Waals surface area contributed by atoms with Crippen LogP contribution in [0.25, 0.3) is 0 Å². The maximum Gasteiger partial charge on any atom is 0.292 e. The molecule has 0 unspecified atom stereocenters. The van der Waals surface area contributed by atoms with E-state index in [1.165, 1.54) is 0 Å². The van der Waals surface area contributed by atoms with Crippen molar-refractivity contribution in [2.45, 2.75) is 24.3 Å². The fourth-order valence-corrected chi connectivity index (χ4v) is 2.87. The van der Waals surface area contributed by atoms with Crippen LogP contribution in [0, 0.1) is 10.1 Å². The summed E-state index contributed by atoms with van der Waals surface area (Å²) in [5.74, 6) is 0.780. The van der Waals surface area contributed by atoms with Gasteiger partial charge in [-0.15, -0.1) is 11.8 Å². The lowest BCUT2D eigenvalue weighted by Gasteiger charge is -2.25. The molecule has 0 atom stereocenters. The Labute approximate surface area is 116 Å². The van der Waals surface area contributed by atoms with E-state index in [1.807, 2.05) is 13.0 Å². The summed E-state index contributed by atoms with van der Waals surface area (Å²) < 4.78 is 5.14. The molecule has 104 valence electrons. The molecule has 1 aliphatic rings. The summed E-state index contributed by atoms with van der Waals surface area (Å²) in [4.78, 5) is 10.8. The maximum absolute atomic E-state index is 11.1. The topological polar surface area (TPSA) is 64.4 Å². The van der Waals surface area contributed by atoms with Gasteiger partial charge in [0.1, 0.15) is 5.69 Å². The van der Waals surface area contributed by atoms with Crippen molar-refractivity contribution in [1.29, 1.82) is 0 Å². The molecule has 1 aromatic carbocycles. The van der Waals surface area contributed by atoms with Crippen molar-refractivity contribution >= 4 is 23.1 Å². The number of anilines is 1. The molecule has 1 heterocycles. The van der Waals surface area contributed by atoms with Crippen molar-refractivity contribution in [1.82, 2.24) is 0 Å². The van der Waals surface area contributed by atoms with E-state index in [0.717, 1.165) is 37.5 Å². The van der Waals surface area contributed by atoms with Gasteiger partial charge in [0.2, 0.25) is 0 Å². The van der Waals surface area contributed by atoms with Gasteiger partial charge in [0.15, 0.2) is 0 Å². The minimum atomic E-state index is -0.321. The Hall–Kier alpha value is -1.27. The number of nitro benzene ring substituents is 1. The van der Waals surface area contributed by atoms with Crippen molar-refractivity contribution < 1.29 is 9.66 Å². The van der Waals surface area contributed by atoms with Gasteiger partial charge in [0.25, 0.3) is 5.69 Å². The number of nitro groups is 1. The highest BCUT2D eigenvalue weighted by atomic mass is 32.2. The Kier molecular flexibility index (Phi) is 5.04. The van der Waals surface area contributed by atoms with Crippen LogP contribution in [-0.4, -0.2) is 29.9 Å². The molecule has 1 N–H and O–H groups in total. The number of benzene rings is 1. The Morgan fingerprint density at radius 3 is 2.89 bits per heavy atom. The molecule has 0 saturated carbocycles. The highest BCUT2D eigenvalue weighted by Crippen LogP contribution is 2.33. The molecule has 1 fully saturated rings. The van der Waals surface area contributed by atoms with Gasteiger partial charge in [0.05, 0.1) is 23.4 Å². The molecule has 2 rings (SSSR count). The second-order valence-electron chi connectivity index (χ2n) is 4.47. The third kappa shape index (κ3) is 3.61. The fraction of sp³-hybridized carbons (Fsp3) is 0.538. The van der Waals surface area contributed by atoms with Gasteiger partial charge in [-0.1, -0.05) is 19.1 Å². The number of thioether (sulfide) groups is 1. The summed E-state index contributed by atoms with van der Waals surface area (Å²) in [6.07, 6.45) is 0.940. The summed E-state index contributed by atoms with van der Waals surface area (Å²) in [5, 5.41) is 14.8. The molecule has 0 aromatic heterocycles. The van der Waals surface area contributed by atoms with Gasteiger partial charge in [-0.25, -0.2) is 0 Å². The van der Waals surface area contributed by atoms with Gasteiger partial charge >= 0.3 is 0 Å². The number of hydrogen-bond donors (Lipinski definition) is 1. The van der Waals surface area contributed by atoms with Crippen LogP contribution in [0.3, 0.4) is 0 Å². The van der Waals surface area contributed by atoms with Crippen LogP contribution < -0.4 is 5.32 Å². The summed E-state index contributed by atoms with van der Waals surface area (Å²) in [6.45, 7) is 4.37. The smallest absolute Gasteiger partial charge is 0.292 e. The summed E-state index contributed by atoms with van der Waals surface area (Å²) in [5.41, 5.74) is 1.83. The highest BCUT2D eigenvalue weighted by Gasteiger charge is 2.21. The second kappa shape index (κ2) is 6.77. The Balaban J connectivity index is 2.13. The number of nitrogens with one attached hydrogen (secondary N) is 1. The zero-order valence-corrected chi connectivity index (χ0v) is 11.7. The monoisotopic (exact) mass is 282 g/mol. The molecule has 1 aromatic rings. The Bertz CT molecular complexity index is 450. The Morgan fingerprint density at radius 1 is 1.53 bits per heavy atom. The van der Waals surface area contributed by atoms with Gasteiger partial charge in [-0.05, 0) is 12.0 Å². The molecule has 0 amide bonds. The number of hydrogen-bond acceptors (Lipinski definition) is 5. The first-order valence-corrected chi connectivity index (χ1v) is 7.46. The van der Waals surface area contributed by atoms with E-state index in [-0.39, 0.29) is 10.6 Å². The zero-order chi connectivity index (χ0) is 13.7. The molecule has 6 heteroatoms. The molecule has 0 aliphatic carbocycles. The number of nitrogens with zero attached hydrogens (tertiary/aromatic N) is 1. The van der Waals surface area contributed by atoms with E-state index in [0.29, 0.717) is 10.9 Å². The van der Waals surface area contributed by atoms with Crippen LogP contribution in [0.15, 0.2) is 18.2 Å². The normalized spacial score (nSPS) is 15.0. The first-order chi connectivity index (χ1) is 9.22. The molecular formula is C13H18N2O3S. The van der Waals surface area contributed by atoms with E-state index >= 15 is 0 Å². The fourth-order valence-electron chi connectivity index (χ4n) is 1.83. The van der Waals surface area contributed by atoms with Crippen LogP contribution in [0.5, 0.6) is 0 Å². The number of rotatable bonds is 7. The minimum Gasteiger partial charge on any atom is -0.379 e. The molecule has 5 nitrogen and oxygen atoms in total.